The van der Waals surface area contributed by atoms with Crippen molar-refractivity contribution in [2.24, 2.45) is 7.05 Å². The van der Waals surface area contributed by atoms with Gasteiger partial charge in [-0.1, -0.05) is 30.3 Å². The van der Waals surface area contributed by atoms with Gasteiger partial charge in [-0.05, 0) is 66.6 Å². The first-order valence-corrected chi connectivity index (χ1v) is 13.2. The minimum atomic E-state index is -0.254. The number of aryl methyl sites for hydroxylation is 2. The average molecular weight is 523 g/mol. The second-order valence-electron chi connectivity index (χ2n) is 10.4. The van der Waals surface area contributed by atoms with Gasteiger partial charge in [-0.3, -0.25) is 14.3 Å². The second-order valence-corrected chi connectivity index (χ2v) is 10.4. The van der Waals surface area contributed by atoms with Crippen LogP contribution in [0.2, 0.25) is 0 Å². The molecule has 5 rings (SSSR count). The molecule has 1 N–H and O–H groups in total. The Bertz CT molecular complexity index is 1470. The van der Waals surface area contributed by atoms with Crippen LogP contribution in [-0.4, -0.2) is 58.7 Å². The molecule has 0 saturated carbocycles. The number of piperidine rings is 1. The Morgan fingerprint density at radius 3 is 2.26 bits per heavy atom. The molecule has 3 heterocycles. The molecule has 0 aliphatic carbocycles. The number of amides is 2. The van der Waals surface area contributed by atoms with E-state index in [4.69, 9.17) is 0 Å². The highest BCUT2D eigenvalue weighted by Gasteiger charge is 2.25. The molecule has 0 spiro atoms. The fourth-order valence-electron chi connectivity index (χ4n) is 4.99. The van der Waals surface area contributed by atoms with Crippen molar-refractivity contribution < 1.29 is 9.59 Å². The number of carbonyl (C=O) groups is 2. The summed E-state index contributed by atoms with van der Waals surface area (Å²) in [5.74, 6) is 0.946. The Balaban J connectivity index is 1.21. The summed E-state index contributed by atoms with van der Waals surface area (Å²) in [7, 11) is 5.72. The molecule has 1 saturated heterocycles. The minimum Gasteiger partial charge on any atom is -0.363 e. The van der Waals surface area contributed by atoms with Crippen molar-refractivity contribution in [2.45, 2.75) is 25.7 Å². The predicted octanol–water partition coefficient (Wildman–Crippen LogP) is 5.13. The summed E-state index contributed by atoms with van der Waals surface area (Å²) < 4.78 is 1.81. The van der Waals surface area contributed by atoms with E-state index in [9.17, 15) is 9.59 Å². The molecule has 2 aromatic carbocycles. The Labute approximate surface area is 229 Å². The molecule has 39 heavy (non-hydrogen) atoms. The fourth-order valence-corrected chi connectivity index (χ4v) is 4.99. The number of aromatic nitrogens is 3. The SMILES string of the molecule is Cc1ccc(C(=O)N2CCC(c3ccc(-c4cnn(C)c4)cc3)CC2)cc1NC(=O)c1ccc(N(C)C)nc1. The third-order valence-electron chi connectivity index (χ3n) is 7.40. The van der Waals surface area contributed by atoms with Crippen LogP contribution in [0.4, 0.5) is 11.5 Å². The summed E-state index contributed by atoms with van der Waals surface area (Å²) in [5.41, 5.74) is 6.14. The van der Waals surface area contributed by atoms with E-state index in [2.05, 4.69) is 39.7 Å². The van der Waals surface area contributed by atoms with E-state index in [0.29, 0.717) is 35.8 Å². The highest BCUT2D eigenvalue weighted by atomic mass is 16.2. The summed E-state index contributed by atoms with van der Waals surface area (Å²) >= 11 is 0. The van der Waals surface area contributed by atoms with Crippen LogP contribution in [0, 0.1) is 6.92 Å². The molecule has 2 aromatic heterocycles. The third-order valence-corrected chi connectivity index (χ3v) is 7.40. The number of rotatable bonds is 6. The Hall–Kier alpha value is -4.46. The van der Waals surface area contributed by atoms with Crippen LogP contribution in [0.5, 0.6) is 0 Å². The highest BCUT2D eigenvalue weighted by molar-refractivity contribution is 6.05. The molecule has 8 nitrogen and oxygen atoms in total. The van der Waals surface area contributed by atoms with Gasteiger partial charge in [-0.15, -0.1) is 0 Å². The topological polar surface area (TPSA) is 83.4 Å². The summed E-state index contributed by atoms with van der Waals surface area (Å²) in [6.07, 6.45) is 7.29. The average Bonchev–Trinajstić information content (AvgIpc) is 3.40. The smallest absolute Gasteiger partial charge is 0.257 e. The minimum absolute atomic E-state index is 0.00660. The Morgan fingerprint density at radius 1 is 0.923 bits per heavy atom. The van der Waals surface area contributed by atoms with Crippen molar-refractivity contribution in [3.63, 3.8) is 0 Å². The first kappa shape index (κ1) is 26.2. The number of anilines is 2. The van der Waals surface area contributed by atoms with Crippen molar-refractivity contribution in [1.82, 2.24) is 19.7 Å². The van der Waals surface area contributed by atoms with E-state index in [-0.39, 0.29) is 11.8 Å². The first-order valence-electron chi connectivity index (χ1n) is 13.2. The molecule has 0 unspecified atom stereocenters. The van der Waals surface area contributed by atoms with Crippen LogP contribution < -0.4 is 10.2 Å². The molecule has 2 amide bonds. The van der Waals surface area contributed by atoms with E-state index in [0.717, 1.165) is 35.3 Å². The third kappa shape index (κ3) is 5.85. The van der Waals surface area contributed by atoms with Crippen molar-refractivity contribution in [1.29, 1.82) is 0 Å². The number of pyridine rings is 1. The number of likely N-dealkylation sites (tertiary alicyclic amines) is 1. The zero-order valence-electron chi connectivity index (χ0n) is 22.9. The number of nitrogens with zero attached hydrogens (tertiary/aromatic N) is 5. The van der Waals surface area contributed by atoms with Crippen molar-refractivity contribution >= 4 is 23.3 Å². The van der Waals surface area contributed by atoms with Crippen LogP contribution in [0.1, 0.15) is 50.6 Å². The molecule has 200 valence electrons. The molecular formula is C31H34N6O2. The lowest BCUT2D eigenvalue weighted by Crippen LogP contribution is -2.38. The maximum Gasteiger partial charge on any atom is 0.257 e. The van der Waals surface area contributed by atoms with Crippen molar-refractivity contribution in [3.05, 3.63) is 95.4 Å². The molecule has 0 bridgehead atoms. The van der Waals surface area contributed by atoms with Gasteiger partial charge in [0.25, 0.3) is 11.8 Å². The molecule has 8 heteroatoms. The van der Waals surface area contributed by atoms with Gasteiger partial charge in [0.15, 0.2) is 0 Å². The molecule has 4 aromatic rings. The number of hydrogen-bond acceptors (Lipinski definition) is 5. The van der Waals surface area contributed by atoms with Gasteiger partial charge in [0.1, 0.15) is 5.82 Å². The van der Waals surface area contributed by atoms with Crippen LogP contribution in [0.3, 0.4) is 0 Å². The normalized spacial score (nSPS) is 13.8. The Morgan fingerprint density at radius 2 is 1.64 bits per heavy atom. The largest absolute Gasteiger partial charge is 0.363 e. The maximum absolute atomic E-state index is 13.4. The number of nitrogens with one attached hydrogen (secondary N) is 1. The quantitative estimate of drug-likeness (QED) is 0.380. The maximum atomic E-state index is 13.4. The molecule has 0 atom stereocenters. The van der Waals surface area contributed by atoms with E-state index >= 15 is 0 Å². The highest BCUT2D eigenvalue weighted by Crippen LogP contribution is 2.31. The second kappa shape index (κ2) is 11.1. The van der Waals surface area contributed by atoms with E-state index in [1.54, 1.807) is 24.4 Å². The van der Waals surface area contributed by atoms with Gasteiger partial charge in [0.05, 0.1) is 11.8 Å². The lowest BCUT2D eigenvalue weighted by atomic mass is 9.88. The number of hydrogen-bond donors (Lipinski definition) is 1. The van der Waals surface area contributed by atoms with Gasteiger partial charge in [-0.25, -0.2) is 4.98 Å². The van der Waals surface area contributed by atoms with Crippen LogP contribution in [0.15, 0.2) is 73.2 Å². The van der Waals surface area contributed by atoms with Crippen LogP contribution in [0.25, 0.3) is 11.1 Å². The summed E-state index contributed by atoms with van der Waals surface area (Å²) in [4.78, 5) is 34.3. The Kier molecular flexibility index (Phi) is 7.45. The lowest BCUT2D eigenvalue weighted by Gasteiger charge is -2.32. The number of benzene rings is 2. The number of carbonyl (C=O) groups excluding carboxylic acids is 2. The van der Waals surface area contributed by atoms with Crippen molar-refractivity contribution in [3.8, 4) is 11.1 Å². The predicted molar refractivity (Wildman–Crippen MR) is 154 cm³/mol. The van der Waals surface area contributed by atoms with Gasteiger partial charge < -0.3 is 15.1 Å². The molecule has 1 aliphatic rings. The lowest BCUT2D eigenvalue weighted by molar-refractivity contribution is 0.0712. The molecule has 1 fully saturated rings. The van der Waals surface area contributed by atoms with Gasteiger partial charge in [-0.2, -0.15) is 5.10 Å². The van der Waals surface area contributed by atoms with Gasteiger partial charge in [0, 0.05) is 63.4 Å². The van der Waals surface area contributed by atoms with E-state index < -0.39 is 0 Å². The molecular weight excluding hydrogens is 488 g/mol. The molecule has 0 radical (unpaired) electrons. The van der Waals surface area contributed by atoms with Gasteiger partial charge >= 0.3 is 0 Å². The molecule has 1 aliphatic heterocycles. The zero-order valence-corrected chi connectivity index (χ0v) is 22.9. The van der Waals surface area contributed by atoms with Crippen molar-refractivity contribution in [2.75, 3.05) is 37.4 Å². The summed E-state index contributed by atoms with van der Waals surface area (Å²) in [6, 6.07) is 17.7. The summed E-state index contributed by atoms with van der Waals surface area (Å²) in [5, 5.41) is 7.21. The van der Waals surface area contributed by atoms with E-state index in [1.165, 1.54) is 5.56 Å². The first-order chi connectivity index (χ1) is 18.8. The zero-order chi connectivity index (χ0) is 27.5. The monoisotopic (exact) mass is 522 g/mol. The fraction of sp³-hybridized carbons (Fsp3) is 0.290. The van der Waals surface area contributed by atoms with Crippen LogP contribution >= 0.6 is 0 Å². The summed E-state index contributed by atoms with van der Waals surface area (Å²) in [6.45, 7) is 3.32. The van der Waals surface area contributed by atoms with Gasteiger partial charge in [0.2, 0.25) is 0 Å². The van der Waals surface area contributed by atoms with Crippen LogP contribution in [-0.2, 0) is 7.05 Å². The van der Waals surface area contributed by atoms with E-state index in [1.807, 2.05) is 67.1 Å². The standard InChI is InChI=1S/C31H34N6O2/c1-21-5-6-25(17-28(21)34-30(38)26-11-12-29(32-18-26)35(2)3)31(39)37-15-13-24(14-16-37)22-7-9-23(10-8-22)27-19-33-36(4)20-27/h5-12,17-20,24H,13-16H2,1-4H3,(H,34,38).